The first-order valence-corrected chi connectivity index (χ1v) is 12.7. The number of pyridine rings is 1. The zero-order valence-corrected chi connectivity index (χ0v) is 21.0. The topological polar surface area (TPSA) is 69.0 Å². The van der Waals surface area contributed by atoms with Gasteiger partial charge in [-0.1, -0.05) is 48.2 Å². The third-order valence-electron chi connectivity index (χ3n) is 5.94. The predicted octanol–water partition coefficient (Wildman–Crippen LogP) is 5.85. The number of rotatable bonds is 9. The summed E-state index contributed by atoms with van der Waals surface area (Å²) in [6.45, 7) is 0.990. The van der Waals surface area contributed by atoms with Crippen LogP contribution in [0.3, 0.4) is 0 Å². The van der Waals surface area contributed by atoms with Crippen LogP contribution in [0.15, 0.2) is 96.4 Å². The number of hydrogen-bond donors (Lipinski definition) is 1. The summed E-state index contributed by atoms with van der Waals surface area (Å²) in [5.41, 5.74) is 5.43. The van der Waals surface area contributed by atoms with E-state index in [0.717, 1.165) is 38.6 Å². The van der Waals surface area contributed by atoms with Gasteiger partial charge in [-0.25, -0.2) is 9.37 Å². The number of thioether (sulfide) groups is 1. The molecule has 0 atom stereocenters. The summed E-state index contributed by atoms with van der Waals surface area (Å²) in [6.07, 6.45) is 3.53. The lowest BCUT2D eigenvalue weighted by molar-refractivity contribution is 0.0951. The Labute approximate surface area is 218 Å². The van der Waals surface area contributed by atoms with Crippen LogP contribution in [0.5, 0.6) is 5.75 Å². The molecule has 0 aliphatic rings. The molecule has 2 aromatic heterocycles. The Morgan fingerprint density at radius 1 is 1.00 bits per heavy atom. The number of benzene rings is 3. The second-order valence-electron chi connectivity index (χ2n) is 8.49. The maximum Gasteiger partial charge on any atom is 0.251 e. The summed E-state index contributed by atoms with van der Waals surface area (Å²) in [7, 11) is 1.62. The van der Waals surface area contributed by atoms with Crippen LogP contribution in [0.1, 0.15) is 27.0 Å². The number of imidazole rings is 1. The molecule has 0 aliphatic carbocycles. The minimum absolute atomic E-state index is 0.129. The summed E-state index contributed by atoms with van der Waals surface area (Å²) in [5, 5.41) is 3.80. The Morgan fingerprint density at radius 2 is 1.78 bits per heavy atom. The van der Waals surface area contributed by atoms with Crippen LogP contribution < -0.4 is 10.1 Å². The highest BCUT2D eigenvalue weighted by atomic mass is 32.2. The highest BCUT2D eigenvalue weighted by molar-refractivity contribution is 7.98. The standard InChI is InChI=1S/C29H25FN4O2S/c1-36-25-4-2-3-22(15-25)16-32-28(35)23-9-5-21(6-10-23)19-37-29-33-26-13-14-31-17-27(26)34(29)18-20-7-11-24(30)12-8-20/h2-15,17H,16,18-19H2,1H3,(H,32,35). The van der Waals surface area contributed by atoms with Crippen LogP contribution in [-0.2, 0) is 18.8 Å². The molecule has 2 heterocycles. The van der Waals surface area contributed by atoms with E-state index in [1.54, 1.807) is 43.4 Å². The molecule has 5 rings (SSSR count). The second-order valence-corrected chi connectivity index (χ2v) is 9.43. The molecule has 37 heavy (non-hydrogen) atoms. The molecule has 0 spiro atoms. The Balaban J connectivity index is 1.25. The summed E-state index contributed by atoms with van der Waals surface area (Å²) in [6, 6.07) is 23.6. The van der Waals surface area contributed by atoms with E-state index in [-0.39, 0.29) is 11.7 Å². The number of halogens is 1. The van der Waals surface area contributed by atoms with Crippen molar-refractivity contribution in [3.63, 3.8) is 0 Å². The molecule has 0 aliphatic heterocycles. The molecule has 8 heteroatoms. The van der Waals surface area contributed by atoms with E-state index in [9.17, 15) is 9.18 Å². The lowest BCUT2D eigenvalue weighted by atomic mass is 10.1. The molecule has 3 aromatic carbocycles. The molecule has 0 saturated heterocycles. The van der Waals surface area contributed by atoms with Gasteiger partial charge in [-0.15, -0.1) is 0 Å². The molecule has 0 bridgehead atoms. The number of carbonyl (C=O) groups is 1. The summed E-state index contributed by atoms with van der Waals surface area (Å²) in [5.74, 6) is 1.06. The number of carbonyl (C=O) groups excluding carboxylic acids is 1. The van der Waals surface area contributed by atoms with Crippen molar-refractivity contribution in [2.24, 2.45) is 0 Å². The minimum Gasteiger partial charge on any atom is -0.497 e. The van der Waals surface area contributed by atoms with Crippen molar-refractivity contribution in [1.29, 1.82) is 0 Å². The SMILES string of the molecule is COc1cccc(CNC(=O)c2ccc(CSc3nc4ccncc4n3Cc3ccc(F)cc3)cc2)c1. The average molecular weight is 513 g/mol. The van der Waals surface area contributed by atoms with Gasteiger partial charge in [-0.3, -0.25) is 9.78 Å². The Morgan fingerprint density at radius 3 is 2.57 bits per heavy atom. The number of methoxy groups -OCH3 is 1. The van der Waals surface area contributed by atoms with E-state index in [0.29, 0.717) is 24.4 Å². The van der Waals surface area contributed by atoms with E-state index in [1.165, 1.54) is 12.1 Å². The molecule has 0 radical (unpaired) electrons. The van der Waals surface area contributed by atoms with Crippen LogP contribution in [0, 0.1) is 5.82 Å². The van der Waals surface area contributed by atoms with Gasteiger partial charge in [0.2, 0.25) is 0 Å². The first-order chi connectivity index (χ1) is 18.1. The van der Waals surface area contributed by atoms with Gasteiger partial charge in [0.15, 0.2) is 5.16 Å². The molecule has 0 fully saturated rings. The van der Waals surface area contributed by atoms with Crippen molar-refractivity contribution in [3.05, 3.63) is 119 Å². The first kappa shape index (κ1) is 24.5. The van der Waals surface area contributed by atoms with Crippen LogP contribution in [0.2, 0.25) is 0 Å². The molecule has 1 N–H and O–H groups in total. The van der Waals surface area contributed by atoms with E-state index in [4.69, 9.17) is 9.72 Å². The number of nitrogens with one attached hydrogen (secondary N) is 1. The zero-order valence-electron chi connectivity index (χ0n) is 20.2. The van der Waals surface area contributed by atoms with Crippen LogP contribution in [0.25, 0.3) is 11.0 Å². The monoisotopic (exact) mass is 512 g/mol. The molecule has 0 saturated carbocycles. The van der Waals surface area contributed by atoms with Gasteiger partial charge in [-0.2, -0.15) is 0 Å². The molecule has 1 amide bonds. The molecule has 0 unspecified atom stereocenters. The summed E-state index contributed by atoms with van der Waals surface area (Å²) >= 11 is 1.61. The molecule has 6 nitrogen and oxygen atoms in total. The van der Waals surface area contributed by atoms with Crippen molar-refractivity contribution in [2.75, 3.05) is 7.11 Å². The second kappa shape index (κ2) is 11.3. The van der Waals surface area contributed by atoms with Crippen molar-refractivity contribution < 1.29 is 13.9 Å². The van der Waals surface area contributed by atoms with Gasteiger partial charge in [-0.05, 0) is 59.2 Å². The zero-order chi connectivity index (χ0) is 25.6. The largest absolute Gasteiger partial charge is 0.497 e. The fraction of sp³-hybridized carbons (Fsp3) is 0.138. The maximum absolute atomic E-state index is 13.4. The Bertz CT molecular complexity index is 1520. The van der Waals surface area contributed by atoms with E-state index < -0.39 is 0 Å². The highest BCUT2D eigenvalue weighted by Gasteiger charge is 2.13. The number of ether oxygens (including phenoxy) is 1. The van der Waals surface area contributed by atoms with Gasteiger partial charge in [0.25, 0.3) is 5.91 Å². The molecular weight excluding hydrogens is 487 g/mol. The molecule has 5 aromatic rings. The van der Waals surface area contributed by atoms with E-state index in [1.807, 2.05) is 54.6 Å². The number of hydrogen-bond acceptors (Lipinski definition) is 5. The van der Waals surface area contributed by atoms with Crippen molar-refractivity contribution in [1.82, 2.24) is 19.9 Å². The van der Waals surface area contributed by atoms with Crippen molar-refractivity contribution in [3.8, 4) is 5.75 Å². The van der Waals surface area contributed by atoms with Crippen LogP contribution >= 0.6 is 11.8 Å². The Kier molecular flexibility index (Phi) is 7.46. The minimum atomic E-state index is -0.257. The number of amides is 1. The first-order valence-electron chi connectivity index (χ1n) is 11.8. The molecular formula is C29H25FN4O2S. The van der Waals surface area contributed by atoms with Gasteiger partial charge in [0.1, 0.15) is 11.6 Å². The third-order valence-corrected chi connectivity index (χ3v) is 6.99. The fourth-order valence-corrected chi connectivity index (χ4v) is 4.92. The van der Waals surface area contributed by atoms with Crippen LogP contribution in [0.4, 0.5) is 4.39 Å². The van der Waals surface area contributed by atoms with Gasteiger partial charge < -0.3 is 14.6 Å². The van der Waals surface area contributed by atoms with Gasteiger partial charge >= 0.3 is 0 Å². The average Bonchev–Trinajstić information content (AvgIpc) is 3.29. The van der Waals surface area contributed by atoms with Gasteiger partial charge in [0, 0.05) is 24.1 Å². The predicted molar refractivity (Wildman–Crippen MR) is 143 cm³/mol. The van der Waals surface area contributed by atoms with Gasteiger partial charge in [0.05, 0.1) is 30.9 Å². The number of aromatic nitrogens is 3. The number of fused-ring (bicyclic) bond motifs is 1. The summed E-state index contributed by atoms with van der Waals surface area (Å²) in [4.78, 5) is 21.7. The normalized spacial score (nSPS) is 11.0. The molecule has 186 valence electrons. The van der Waals surface area contributed by atoms with Crippen molar-refractivity contribution in [2.45, 2.75) is 24.0 Å². The smallest absolute Gasteiger partial charge is 0.251 e. The third kappa shape index (κ3) is 5.98. The highest BCUT2D eigenvalue weighted by Crippen LogP contribution is 2.27. The maximum atomic E-state index is 13.4. The number of nitrogens with zero attached hydrogens (tertiary/aromatic N) is 3. The summed E-state index contributed by atoms with van der Waals surface area (Å²) < 4.78 is 20.7. The van der Waals surface area contributed by atoms with Crippen molar-refractivity contribution >= 4 is 28.7 Å². The van der Waals surface area contributed by atoms with Crippen LogP contribution in [-0.4, -0.2) is 27.6 Å². The quantitative estimate of drug-likeness (QED) is 0.251. The van der Waals surface area contributed by atoms with E-state index in [2.05, 4.69) is 14.9 Å². The Hall–Kier alpha value is -4.17. The van der Waals surface area contributed by atoms with E-state index >= 15 is 0 Å². The lowest BCUT2D eigenvalue weighted by Crippen LogP contribution is -2.22. The lowest BCUT2D eigenvalue weighted by Gasteiger charge is -2.10. The fourth-order valence-electron chi connectivity index (χ4n) is 3.95.